The van der Waals surface area contributed by atoms with Gasteiger partial charge in [0.25, 0.3) is 5.91 Å². The molecule has 0 atom stereocenters. The number of halogens is 1. The third-order valence-corrected chi connectivity index (χ3v) is 6.04. The molecular weight excluding hydrogens is 434 g/mol. The third-order valence-electron chi connectivity index (χ3n) is 5.62. The molecule has 33 heavy (non-hydrogen) atoms. The lowest BCUT2D eigenvalue weighted by Crippen LogP contribution is -2.23. The largest absolute Gasteiger partial charge is 0.489 e. The second-order valence-electron chi connectivity index (χ2n) is 7.98. The SMILES string of the molecule is Cc1cc(OCc2ccc(C(=O)NCc3c(C)nn(-c4ccccc4)c3C)cc2)ccc1Cl. The molecule has 0 radical (unpaired) electrons. The molecule has 1 N–H and O–H groups in total. The summed E-state index contributed by atoms with van der Waals surface area (Å²) in [6, 6.07) is 23.0. The zero-order valence-corrected chi connectivity index (χ0v) is 19.7. The number of carbonyl (C=O) groups excluding carboxylic acids is 1. The van der Waals surface area contributed by atoms with Gasteiger partial charge in [-0.1, -0.05) is 41.9 Å². The molecule has 4 aromatic rings. The Kier molecular flexibility index (Phi) is 6.80. The normalized spacial score (nSPS) is 10.8. The Morgan fingerprint density at radius 1 is 1.00 bits per heavy atom. The molecule has 0 aliphatic rings. The topological polar surface area (TPSA) is 56.1 Å². The number of amides is 1. The summed E-state index contributed by atoms with van der Waals surface area (Å²) in [5, 5.41) is 8.38. The molecule has 0 aliphatic carbocycles. The molecule has 1 amide bonds. The van der Waals surface area contributed by atoms with Crippen molar-refractivity contribution in [3.8, 4) is 11.4 Å². The Labute approximate surface area is 199 Å². The second-order valence-corrected chi connectivity index (χ2v) is 8.38. The number of para-hydroxylation sites is 1. The fourth-order valence-electron chi connectivity index (χ4n) is 3.65. The average Bonchev–Trinajstić information content (AvgIpc) is 3.12. The molecule has 0 aliphatic heterocycles. The molecule has 0 saturated carbocycles. The van der Waals surface area contributed by atoms with Gasteiger partial charge < -0.3 is 10.1 Å². The number of aryl methyl sites for hydroxylation is 2. The monoisotopic (exact) mass is 459 g/mol. The van der Waals surface area contributed by atoms with Gasteiger partial charge in [-0.15, -0.1) is 0 Å². The standard InChI is InChI=1S/C27H26ClN3O2/c1-18-15-24(13-14-26(18)28)33-17-21-9-11-22(12-10-21)27(32)29-16-25-19(2)30-31(20(25)3)23-7-5-4-6-8-23/h4-15H,16-17H2,1-3H3,(H,29,32). The highest BCUT2D eigenvalue weighted by molar-refractivity contribution is 6.31. The van der Waals surface area contributed by atoms with E-state index in [0.29, 0.717) is 18.7 Å². The van der Waals surface area contributed by atoms with Crippen LogP contribution in [0.4, 0.5) is 0 Å². The van der Waals surface area contributed by atoms with E-state index in [1.54, 1.807) is 0 Å². The van der Waals surface area contributed by atoms with Gasteiger partial charge >= 0.3 is 0 Å². The maximum absolute atomic E-state index is 12.7. The fourth-order valence-corrected chi connectivity index (χ4v) is 3.77. The maximum atomic E-state index is 12.7. The summed E-state index contributed by atoms with van der Waals surface area (Å²) in [6.45, 7) is 6.76. The van der Waals surface area contributed by atoms with Gasteiger partial charge in [0, 0.05) is 28.4 Å². The molecule has 0 saturated heterocycles. The molecule has 0 spiro atoms. The lowest BCUT2D eigenvalue weighted by Gasteiger charge is -2.09. The van der Waals surface area contributed by atoms with Crippen LogP contribution in [-0.2, 0) is 13.2 Å². The number of hydrogen-bond acceptors (Lipinski definition) is 3. The van der Waals surface area contributed by atoms with Gasteiger partial charge in [0.15, 0.2) is 0 Å². The van der Waals surface area contributed by atoms with E-state index in [1.807, 2.05) is 98.2 Å². The molecule has 0 fully saturated rings. The summed E-state index contributed by atoms with van der Waals surface area (Å²) in [7, 11) is 0. The fraction of sp³-hybridized carbons (Fsp3) is 0.185. The predicted octanol–water partition coefficient (Wildman–Crippen LogP) is 5.96. The van der Waals surface area contributed by atoms with Crippen molar-refractivity contribution < 1.29 is 9.53 Å². The van der Waals surface area contributed by atoms with Crippen LogP contribution in [0.5, 0.6) is 5.75 Å². The van der Waals surface area contributed by atoms with Crippen molar-refractivity contribution in [3.05, 3.63) is 111 Å². The van der Waals surface area contributed by atoms with Crippen LogP contribution in [0, 0.1) is 20.8 Å². The molecule has 4 rings (SSSR count). The molecule has 168 valence electrons. The number of ether oxygens (including phenoxy) is 1. The minimum absolute atomic E-state index is 0.123. The van der Waals surface area contributed by atoms with Crippen molar-refractivity contribution in [2.24, 2.45) is 0 Å². The Hall–Kier alpha value is -3.57. The Morgan fingerprint density at radius 2 is 1.73 bits per heavy atom. The summed E-state index contributed by atoms with van der Waals surface area (Å²) < 4.78 is 7.74. The van der Waals surface area contributed by atoms with Crippen molar-refractivity contribution >= 4 is 17.5 Å². The van der Waals surface area contributed by atoms with Gasteiger partial charge in [-0.25, -0.2) is 4.68 Å². The minimum Gasteiger partial charge on any atom is -0.489 e. The Morgan fingerprint density at radius 3 is 2.42 bits per heavy atom. The highest BCUT2D eigenvalue weighted by atomic mass is 35.5. The Bertz CT molecular complexity index is 1260. The Balaban J connectivity index is 1.36. The number of benzene rings is 3. The van der Waals surface area contributed by atoms with Gasteiger partial charge in [0.1, 0.15) is 12.4 Å². The predicted molar refractivity (Wildman–Crippen MR) is 131 cm³/mol. The molecular formula is C27H26ClN3O2. The lowest BCUT2D eigenvalue weighted by atomic mass is 10.1. The number of nitrogens with zero attached hydrogens (tertiary/aromatic N) is 2. The summed E-state index contributed by atoms with van der Waals surface area (Å²) in [4.78, 5) is 12.7. The minimum atomic E-state index is -0.123. The highest BCUT2D eigenvalue weighted by Crippen LogP contribution is 2.22. The van der Waals surface area contributed by atoms with Gasteiger partial charge in [-0.3, -0.25) is 4.79 Å². The smallest absolute Gasteiger partial charge is 0.251 e. The third kappa shape index (κ3) is 5.26. The van der Waals surface area contributed by atoms with Gasteiger partial charge in [0.05, 0.1) is 11.4 Å². The van der Waals surface area contributed by atoms with E-state index in [0.717, 1.165) is 44.5 Å². The summed E-state index contributed by atoms with van der Waals surface area (Å²) in [5.41, 5.74) is 6.51. The first-order valence-electron chi connectivity index (χ1n) is 10.8. The zero-order chi connectivity index (χ0) is 23.4. The number of carbonyl (C=O) groups is 1. The van der Waals surface area contributed by atoms with Crippen LogP contribution in [0.25, 0.3) is 5.69 Å². The van der Waals surface area contributed by atoms with Crippen LogP contribution in [0.1, 0.15) is 38.4 Å². The first kappa shape index (κ1) is 22.6. The van der Waals surface area contributed by atoms with Crippen LogP contribution in [0.15, 0.2) is 72.8 Å². The van der Waals surface area contributed by atoms with Crippen molar-refractivity contribution in [2.45, 2.75) is 33.9 Å². The van der Waals surface area contributed by atoms with E-state index in [9.17, 15) is 4.79 Å². The van der Waals surface area contributed by atoms with Crippen LogP contribution >= 0.6 is 11.6 Å². The van der Waals surface area contributed by atoms with E-state index in [-0.39, 0.29) is 5.91 Å². The quantitative estimate of drug-likeness (QED) is 0.371. The van der Waals surface area contributed by atoms with E-state index in [1.165, 1.54) is 0 Å². The highest BCUT2D eigenvalue weighted by Gasteiger charge is 2.14. The molecule has 0 bridgehead atoms. The average molecular weight is 460 g/mol. The molecule has 1 aromatic heterocycles. The summed E-state index contributed by atoms with van der Waals surface area (Å²) in [6.07, 6.45) is 0. The van der Waals surface area contributed by atoms with E-state index < -0.39 is 0 Å². The second kappa shape index (κ2) is 9.92. The lowest BCUT2D eigenvalue weighted by molar-refractivity contribution is 0.0951. The number of nitrogens with one attached hydrogen (secondary N) is 1. The van der Waals surface area contributed by atoms with Gasteiger partial charge in [-0.05, 0) is 74.4 Å². The van der Waals surface area contributed by atoms with Crippen molar-refractivity contribution in [2.75, 3.05) is 0 Å². The van der Waals surface area contributed by atoms with Crippen molar-refractivity contribution in [3.63, 3.8) is 0 Å². The van der Waals surface area contributed by atoms with E-state index in [2.05, 4.69) is 10.4 Å². The van der Waals surface area contributed by atoms with Crippen LogP contribution in [0.3, 0.4) is 0 Å². The van der Waals surface area contributed by atoms with Crippen molar-refractivity contribution in [1.82, 2.24) is 15.1 Å². The molecule has 6 heteroatoms. The molecule has 5 nitrogen and oxygen atoms in total. The maximum Gasteiger partial charge on any atom is 0.251 e. The number of aromatic nitrogens is 2. The number of rotatable bonds is 7. The first-order valence-corrected chi connectivity index (χ1v) is 11.2. The van der Waals surface area contributed by atoms with Crippen LogP contribution in [-0.4, -0.2) is 15.7 Å². The first-order chi connectivity index (χ1) is 15.9. The summed E-state index contributed by atoms with van der Waals surface area (Å²) in [5.74, 6) is 0.641. The van der Waals surface area contributed by atoms with Crippen LogP contribution in [0.2, 0.25) is 5.02 Å². The summed E-state index contributed by atoms with van der Waals surface area (Å²) >= 11 is 6.06. The molecule has 1 heterocycles. The zero-order valence-electron chi connectivity index (χ0n) is 18.9. The molecule has 0 unspecified atom stereocenters. The van der Waals surface area contributed by atoms with E-state index in [4.69, 9.17) is 16.3 Å². The van der Waals surface area contributed by atoms with Gasteiger partial charge in [0.2, 0.25) is 0 Å². The number of hydrogen-bond donors (Lipinski definition) is 1. The van der Waals surface area contributed by atoms with Crippen LogP contribution < -0.4 is 10.1 Å². The van der Waals surface area contributed by atoms with Gasteiger partial charge in [-0.2, -0.15) is 5.10 Å². The van der Waals surface area contributed by atoms with E-state index >= 15 is 0 Å². The molecule has 3 aromatic carbocycles. The van der Waals surface area contributed by atoms with Crippen molar-refractivity contribution in [1.29, 1.82) is 0 Å².